The van der Waals surface area contributed by atoms with Crippen LogP contribution in [0.15, 0.2) is 24.3 Å². The van der Waals surface area contributed by atoms with E-state index in [1.165, 1.54) is 12.0 Å². The van der Waals surface area contributed by atoms with E-state index in [-0.39, 0.29) is 18.1 Å². The van der Waals surface area contributed by atoms with Gasteiger partial charge in [-0.2, -0.15) is 0 Å². The molecule has 0 aromatic heterocycles. The van der Waals surface area contributed by atoms with Crippen molar-refractivity contribution in [3.05, 3.63) is 29.8 Å². The number of aliphatic hydroxyl groups excluding tert-OH is 1. The summed E-state index contributed by atoms with van der Waals surface area (Å²) < 4.78 is 23.0. The highest BCUT2D eigenvalue weighted by Gasteiger charge is 2.26. The first-order chi connectivity index (χ1) is 10.6. The smallest absolute Gasteiger partial charge is 0.153 e. The van der Waals surface area contributed by atoms with Crippen LogP contribution in [0.2, 0.25) is 0 Å². The molecule has 2 saturated heterocycles. The molecule has 5 nitrogen and oxygen atoms in total. The average Bonchev–Trinajstić information content (AvgIpc) is 2.96. The van der Waals surface area contributed by atoms with Crippen molar-refractivity contribution in [3.63, 3.8) is 0 Å². The number of β-amino-alcohol motifs (C(OH)–C–C–N with tert-alkyl or cyclic N) is 1. The molecule has 2 aliphatic rings. The molecule has 1 N–H and O–H groups in total. The molecule has 1 unspecified atom stereocenters. The Morgan fingerprint density at radius 2 is 1.77 bits per heavy atom. The van der Waals surface area contributed by atoms with Crippen molar-refractivity contribution < 1.29 is 13.5 Å². The van der Waals surface area contributed by atoms with E-state index in [4.69, 9.17) is 5.11 Å². The largest absolute Gasteiger partial charge is 0.395 e. The Balaban J connectivity index is 1.68. The average molecular weight is 324 g/mol. The third-order valence-electron chi connectivity index (χ3n) is 4.74. The van der Waals surface area contributed by atoms with Gasteiger partial charge in [0.15, 0.2) is 9.84 Å². The summed E-state index contributed by atoms with van der Waals surface area (Å²) in [4.78, 5) is 4.48. The van der Waals surface area contributed by atoms with Crippen LogP contribution in [0.3, 0.4) is 0 Å². The second kappa shape index (κ2) is 6.56. The first kappa shape index (κ1) is 15.8. The lowest BCUT2D eigenvalue weighted by Crippen LogP contribution is -2.40. The molecule has 0 saturated carbocycles. The standard InChI is InChI=1S/C16H24N2O3S/c19-11-8-18-7-1-2-16(18)14-3-5-15(6-4-14)17-9-12-22(20,21)13-10-17/h3-6,16,19H,1-2,7-13H2. The first-order valence-corrected chi connectivity index (χ1v) is 9.81. The number of nitrogens with zero attached hydrogens (tertiary/aromatic N) is 2. The molecule has 2 fully saturated rings. The number of aliphatic hydroxyl groups is 1. The van der Waals surface area contributed by atoms with E-state index in [1.807, 2.05) is 0 Å². The molecule has 2 aliphatic heterocycles. The summed E-state index contributed by atoms with van der Waals surface area (Å²) in [6, 6.07) is 8.91. The van der Waals surface area contributed by atoms with Crippen molar-refractivity contribution in [2.75, 3.05) is 49.2 Å². The Bertz CT molecular complexity index is 586. The molecule has 1 atom stereocenters. The summed E-state index contributed by atoms with van der Waals surface area (Å²) in [7, 11) is -2.83. The number of anilines is 1. The minimum atomic E-state index is -2.83. The van der Waals surface area contributed by atoms with Crippen molar-refractivity contribution in [2.24, 2.45) is 0 Å². The van der Waals surface area contributed by atoms with E-state index in [0.29, 0.717) is 19.1 Å². The molecule has 122 valence electrons. The summed E-state index contributed by atoms with van der Waals surface area (Å²) in [5, 5.41) is 9.15. The summed E-state index contributed by atoms with van der Waals surface area (Å²) in [5.41, 5.74) is 2.39. The third kappa shape index (κ3) is 3.45. The molecule has 22 heavy (non-hydrogen) atoms. The van der Waals surface area contributed by atoms with Crippen LogP contribution in [0.5, 0.6) is 0 Å². The molecule has 0 bridgehead atoms. The van der Waals surface area contributed by atoms with Gasteiger partial charge < -0.3 is 10.0 Å². The van der Waals surface area contributed by atoms with Gasteiger partial charge in [-0.15, -0.1) is 0 Å². The Hall–Kier alpha value is -1.11. The molecule has 2 heterocycles. The fourth-order valence-electron chi connectivity index (χ4n) is 3.48. The van der Waals surface area contributed by atoms with Gasteiger partial charge in [0.05, 0.1) is 18.1 Å². The topological polar surface area (TPSA) is 60.9 Å². The highest BCUT2D eigenvalue weighted by atomic mass is 32.2. The van der Waals surface area contributed by atoms with Gasteiger partial charge in [-0.05, 0) is 37.1 Å². The van der Waals surface area contributed by atoms with Gasteiger partial charge in [-0.1, -0.05) is 12.1 Å². The number of sulfone groups is 1. The van der Waals surface area contributed by atoms with Crippen LogP contribution in [0.1, 0.15) is 24.4 Å². The van der Waals surface area contributed by atoms with E-state index in [1.54, 1.807) is 0 Å². The molecule has 3 rings (SSSR count). The molecule has 0 spiro atoms. The zero-order valence-electron chi connectivity index (χ0n) is 12.8. The van der Waals surface area contributed by atoms with Crippen LogP contribution in [-0.4, -0.2) is 62.7 Å². The summed E-state index contributed by atoms with van der Waals surface area (Å²) in [6.45, 7) is 3.16. The molecule has 0 aliphatic carbocycles. The van der Waals surface area contributed by atoms with E-state index in [2.05, 4.69) is 34.1 Å². The monoisotopic (exact) mass is 324 g/mol. The van der Waals surface area contributed by atoms with Crippen LogP contribution >= 0.6 is 0 Å². The van der Waals surface area contributed by atoms with Crippen molar-refractivity contribution in [1.29, 1.82) is 0 Å². The normalized spacial score (nSPS) is 25.5. The summed E-state index contributed by atoms with van der Waals surface area (Å²) in [6.07, 6.45) is 2.32. The molecular weight excluding hydrogens is 300 g/mol. The zero-order valence-corrected chi connectivity index (χ0v) is 13.6. The highest BCUT2D eigenvalue weighted by Crippen LogP contribution is 2.32. The zero-order chi connectivity index (χ0) is 15.6. The number of hydrogen-bond acceptors (Lipinski definition) is 5. The number of benzene rings is 1. The van der Waals surface area contributed by atoms with E-state index >= 15 is 0 Å². The van der Waals surface area contributed by atoms with Gasteiger partial charge in [0.1, 0.15) is 0 Å². The molecule has 0 radical (unpaired) electrons. The van der Waals surface area contributed by atoms with Crippen LogP contribution in [0.25, 0.3) is 0 Å². The Labute approximate surface area is 132 Å². The van der Waals surface area contributed by atoms with Crippen molar-refractivity contribution in [3.8, 4) is 0 Å². The fourth-order valence-corrected chi connectivity index (χ4v) is 4.68. The first-order valence-electron chi connectivity index (χ1n) is 7.99. The minimum absolute atomic E-state index is 0.205. The summed E-state index contributed by atoms with van der Waals surface area (Å²) >= 11 is 0. The molecule has 0 amide bonds. The molecule has 1 aromatic rings. The Morgan fingerprint density at radius 1 is 1.09 bits per heavy atom. The lowest BCUT2D eigenvalue weighted by atomic mass is 10.0. The Kier molecular flexibility index (Phi) is 4.70. The second-order valence-corrected chi connectivity index (χ2v) is 8.45. The number of hydrogen-bond donors (Lipinski definition) is 1. The molecule has 1 aromatic carbocycles. The van der Waals surface area contributed by atoms with Crippen molar-refractivity contribution in [1.82, 2.24) is 4.90 Å². The molecular formula is C16H24N2O3S. The van der Waals surface area contributed by atoms with Crippen LogP contribution in [-0.2, 0) is 9.84 Å². The van der Waals surface area contributed by atoms with Crippen LogP contribution in [0, 0.1) is 0 Å². The maximum Gasteiger partial charge on any atom is 0.153 e. The van der Waals surface area contributed by atoms with Gasteiger partial charge >= 0.3 is 0 Å². The van der Waals surface area contributed by atoms with E-state index < -0.39 is 9.84 Å². The quantitative estimate of drug-likeness (QED) is 0.897. The maximum absolute atomic E-state index is 11.5. The van der Waals surface area contributed by atoms with Gasteiger partial charge in [0, 0.05) is 31.4 Å². The van der Waals surface area contributed by atoms with Gasteiger partial charge in [0.2, 0.25) is 0 Å². The lowest BCUT2D eigenvalue weighted by Gasteiger charge is -2.29. The second-order valence-electron chi connectivity index (χ2n) is 6.15. The SMILES string of the molecule is O=S1(=O)CCN(c2ccc(C3CCCN3CCO)cc2)CC1. The third-order valence-corrected chi connectivity index (χ3v) is 6.35. The predicted octanol–water partition coefficient (Wildman–Crippen LogP) is 1.05. The fraction of sp³-hybridized carbons (Fsp3) is 0.625. The highest BCUT2D eigenvalue weighted by molar-refractivity contribution is 7.91. The van der Waals surface area contributed by atoms with Gasteiger partial charge in [0.25, 0.3) is 0 Å². The van der Waals surface area contributed by atoms with Crippen LogP contribution in [0.4, 0.5) is 5.69 Å². The van der Waals surface area contributed by atoms with Crippen molar-refractivity contribution in [2.45, 2.75) is 18.9 Å². The number of likely N-dealkylation sites (tertiary alicyclic amines) is 1. The van der Waals surface area contributed by atoms with E-state index in [0.717, 1.165) is 25.2 Å². The Morgan fingerprint density at radius 3 is 2.41 bits per heavy atom. The van der Waals surface area contributed by atoms with Gasteiger partial charge in [-0.25, -0.2) is 8.42 Å². The van der Waals surface area contributed by atoms with Gasteiger partial charge in [-0.3, -0.25) is 4.90 Å². The number of rotatable bonds is 4. The van der Waals surface area contributed by atoms with E-state index in [9.17, 15) is 8.42 Å². The van der Waals surface area contributed by atoms with Crippen molar-refractivity contribution >= 4 is 15.5 Å². The predicted molar refractivity (Wildman–Crippen MR) is 87.9 cm³/mol. The summed E-state index contributed by atoms with van der Waals surface area (Å²) in [5.74, 6) is 0.503. The minimum Gasteiger partial charge on any atom is -0.395 e. The van der Waals surface area contributed by atoms with Crippen LogP contribution < -0.4 is 4.90 Å². The maximum atomic E-state index is 11.5. The lowest BCUT2D eigenvalue weighted by molar-refractivity contribution is 0.185. The molecule has 6 heteroatoms.